The first-order valence-corrected chi connectivity index (χ1v) is 10.9. The number of nitrogens with zero attached hydrogens (tertiary/aromatic N) is 2. The molecule has 0 bridgehead atoms. The van der Waals surface area contributed by atoms with Crippen molar-refractivity contribution in [3.8, 4) is 0 Å². The maximum atomic E-state index is 11.9. The van der Waals surface area contributed by atoms with Crippen LogP contribution >= 0.6 is 35.3 Å². The number of hydrogen-bond acceptors (Lipinski definition) is 4. The van der Waals surface area contributed by atoms with Crippen molar-refractivity contribution in [3.63, 3.8) is 0 Å². The number of rotatable bonds is 8. The highest BCUT2D eigenvalue weighted by atomic mass is 127. The highest BCUT2D eigenvalue weighted by Crippen LogP contribution is 2.12. The van der Waals surface area contributed by atoms with Gasteiger partial charge in [0, 0.05) is 25.0 Å². The van der Waals surface area contributed by atoms with Crippen LogP contribution in [0, 0.1) is 0 Å². The quantitative estimate of drug-likeness (QED) is 0.318. The van der Waals surface area contributed by atoms with Gasteiger partial charge in [0.15, 0.2) is 5.96 Å². The molecule has 9 heteroatoms. The molecule has 0 aliphatic rings. The molecule has 0 aliphatic heterocycles. The topological polar surface area (TPSA) is 73.8 Å². The van der Waals surface area contributed by atoms with Crippen molar-refractivity contribution in [2.24, 2.45) is 4.99 Å². The van der Waals surface area contributed by atoms with Crippen LogP contribution < -0.4 is 10.0 Å². The highest BCUT2D eigenvalue weighted by Gasteiger charge is 2.11. The maximum absolute atomic E-state index is 11.9. The van der Waals surface area contributed by atoms with E-state index < -0.39 is 10.0 Å². The van der Waals surface area contributed by atoms with Gasteiger partial charge < -0.3 is 10.2 Å². The normalized spacial score (nSPS) is 11.7. The van der Waals surface area contributed by atoms with Crippen LogP contribution in [0.15, 0.2) is 51.7 Å². The summed E-state index contributed by atoms with van der Waals surface area (Å²) in [6, 6.07) is 11.1. The van der Waals surface area contributed by atoms with E-state index >= 15 is 0 Å². The summed E-state index contributed by atoms with van der Waals surface area (Å²) in [4.78, 5) is 8.35. The minimum absolute atomic E-state index is 0. The van der Waals surface area contributed by atoms with Gasteiger partial charge >= 0.3 is 0 Å². The number of benzene rings is 1. The van der Waals surface area contributed by atoms with Crippen LogP contribution in [0.4, 0.5) is 0 Å². The van der Waals surface area contributed by atoms with Crippen molar-refractivity contribution in [1.29, 1.82) is 0 Å². The van der Waals surface area contributed by atoms with E-state index in [9.17, 15) is 8.42 Å². The van der Waals surface area contributed by atoms with Crippen LogP contribution in [-0.4, -0.2) is 46.5 Å². The van der Waals surface area contributed by atoms with Crippen LogP contribution in [0.25, 0.3) is 0 Å². The van der Waals surface area contributed by atoms with Gasteiger partial charge in [-0.15, -0.1) is 35.3 Å². The molecule has 150 valence electrons. The average molecular weight is 522 g/mol. The predicted molar refractivity (Wildman–Crippen MR) is 124 cm³/mol. The second-order valence-electron chi connectivity index (χ2n) is 5.78. The molecule has 6 nitrogen and oxygen atoms in total. The van der Waals surface area contributed by atoms with Gasteiger partial charge in [-0.3, -0.25) is 0 Å². The molecule has 2 aromatic rings. The zero-order valence-corrected chi connectivity index (χ0v) is 19.8. The number of thiophene rings is 1. The Morgan fingerprint density at radius 2 is 2.04 bits per heavy atom. The molecule has 2 N–H and O–H groups in total. The Hall–Kier alpha value is -1.17. The smallest absolute Gasteiger partial charge is 0.240 e. The van der Waals surface area contributed by atoms with Crippen LogP contribution in [0.3, 0.4) is 0 Å². The van der Waals surface area contributed by atoms with Gasteiger partial charge in [0.05, 0.1) is 11.4 Å². The summed E-state index contributed by atoms with van der Waals surface area (Å²) in [5.74, 6) is 0.811. The molecule has 0 aliphatic carbocycles. The SMILES string of the molecule is CCNC(=NCc1cccc(S(=O)(=O)NC)c1)N(C)CCc1cccs1.I. The standard InChI is InChI=1S/C18H26N4O2S2.HI/c1-4-20-18(22(3)11-10-16-8-6-12-25-16)21-14-15-7-5-9-17(13-15)26(23,24)19-2;/h5-9,12-13,19H,4,10-11,14H2,1-3H3,(H,20,21);1H. The number of nitrogens with one attached hydrogen (secondary N) is 2. The van der Waals surface area contributed by atoms with Crippen molar-refractivity contribution < 1.29 is 8.42 Å². The van der Waals surface area contributed by atoms with E-state index in [-0.39, 0.29) is 28.9 Å². The Kier molecular flexibility index (Phi) is 10.3. The number of guanidine groups is 1. The van der Waals surface area contributed by atoms with Crippen molar-refractivity contribution in [2.45, 2.75) is 24.8 Å². The zero-order valence-electron chi connectivity index (χ0n) is 15.8. The van der Waals surface area contributed by atoms with Crippen LogP contribution in [-0.2, 0) is 23.0 Å². The van der Waals surface area contributed by atoms with Gasteiger partial charge in [0.25, 0.3) is 0 Å². The first kappa shape index (κ1) is 23.9. The third-order valence-corrected chi connectivity index (χ3v) is 6.21. The molecule has 0 saturated carbocycles. The van der Waals surface area contributed by atoms with E-state index in [0.29, 0.717) is 6.54 Å². The number of sulfonamides is 1. The lowest BCUT2D eigenvalue weighted by molar-refractivity contribution is 0.486. The fraction of sp³-hybridized carbons (Fsp3) is 0.389. The third-order valence-electron chi connectivity index (χ3n) is 3.86. The molecule has 0 fully saturated rings. The number of hydrogen-bond donors (Lipinski definition) is 2. The Morgan fingerprint density at radius 1 is 1.26 bits per heavy atom. The van der Waals surface area contributed by atoms with Crippen LogP contribution in [0.2, 0.25) is 0 Å². The molecule has 0 spiro atoms. The Balaban J connectivity index is 0.00000364. The molecule has 0 saturated heterocycles. The molecule has 1 heterocycles. The second kappa shape index (κ2) is 11.6. The van der Waals surface area contributed by atoms with Gasteiger partial charge in [-0.1, -0.05) is 18.2 Å². The largest absolute Gasteiger partial charge is 0.357 e. The number of aliphatic imine (C=N–C) groups is 1. The van der Waals surface area contributed by atoms with Gasteiger partial charge in [0.2, 0.25) is 10.0 Å². The average Bonchev–Trinajstić information content (AvgIpc) is 3.17. The third kappa shape index (κ3) is 7.40. The Labute approximate surface area is 183 Å². The summed E-state index contributed by atoms with van der Waals surface area (Å²) in [5, 5.41) is 5.37. The van der Waals surface area contributed by atoms with E-state index in [0.717, 1.165) is 31.0 Å². The van der Waals surface area contributed by atoms with E-state index in [2.05, 4.69) is 37.4 Å². The molecule has 1 aromatic carbocycles. The van der Waals surface area contributed by atoms with Gasteiger partial charge in [0.1, 0.15) is 0 Å². The molecule has 0 unspecified atom stereocenters. The number of halogens is 1. The highest BCUT2D eigenvalue weighted by molar-refractivity contribution is 14.0. The summed E-state index contributed by atoms with van der Waals surface area (Å²) >= 11 is 1.76. The molecular weight excluding hydrogens is 495 g/mol. The minimum atomic E-state index is -3.44. The molecule has 2 rings (SSSR count). The lowest BCUT2D eigenvalue weighted by Crippen LogP contribution is -2.39. The molecule has 0 atom stereocenters. The van der Waals surface area contributed by atoms with E-state index in [1.807, 2.05) is 20.0 Å². The lowest BCUT2D eigenvalue weighted by atomic mass is 10.2. The molecule has 27 heavy (non-hydrogen) atoms. The molecule has 1 aromatic heterocycles. The summed E-state index contributed by atoms with van der Waals surface area (Å²) in [5.41, 5.74) is 0.850. The second-order valence-corrected chi connectivity index (χ2v) is 8.69. The first-order chi connectivity index (χ1) is 12.5. The monoisotopic (exact) mass is 522 g/mol. The number of likely N-dealkylation sites (N-methyl/N-ethyl adjacent to an activating group) is 1. The van der Waals surface area contributed by atoms with Gasteiger partial charge in [-0.25, -0.2) is 18.1 Å². The summed E-state index contributed by atoms with van der Waals surface area (Å²) in [6.07, 6.45) is 0.967. The summed E-state index contributed by atoms with van der Waals surface area (Å²) < 4.78 is 26.2. The summed E-state index contributed by atoms with van der Waals surface area (Å²) in [7, 11) is -0.0233. The van der Waals surface area contributed by atoms with Crippen LogP contribution in [0.1, 0.15) is 17.4 Å². The summed E-state index contributed by atoms with van der Waals surface area (Å²) in [6.45, 7) is 4.08. The zero-order chi connectivity index (χ0) is 19.0. The van der Waals surface area contributed by atoms with Crippen molar-refractivity contribution >= 4 is 51.3 Å². The lowest BCUT2D eigenvalue weighted by Gasteiger charge is -2.21. The van der Waals surface area contributed by atoms with E-state index in [4.69, 9.17) is 0 Å². The van der Waals surface area contributed by atoms with E-state index in [1.165, 1.54) is 11.9 Å². The predicted octanol–water partition coefficient (Wildman–Crippen LogP) is 2.91. The fourth-order valence-electron chi connectivity index (χ4n) is 2.40. The Morgan fingerprint density at radius 3 is 2.67 bits per heavy atom. The van der Waals surface area contributed by atoms with Crippen LogP contribution in [0.5, 0.6) is 0 Å². The minimum Gasteiger partial charge on any atom is -0.357 e. The molecule has 0 amide bonds. The van der Waals surface area contributed by atoms with Gasteiger partial charge in [-0.05, 0) is 49.5 Å². The van der Waals surface area contributed by atoms with E-state index in [1.54, 1.807) is 29.5 Å². The molecule has 0 radical (unpaired) electrons. The Bertz CT molecular complexity index is 824. The molecular formula is C18H27IN4O2S2. The first-order valence-electron chi connectivity index (χ1n) is 8.50. The van der Waals surface area contributed by atoms with Gasteiger partial charge in [-0.2, -0.15) is 0 Å². The van der Waals surface area contributed by atoms with Crippen molar-refractivity contribution in [2.75, 3.05) is 27.2 Å². The van der Waals surface area contributed by atoms with Crippen molar-refractivity contribution in [1.82, 2.24) is 14.9 Å². The fourth-order valence-corrected chi connectivity index (χ4v) is 3.90. The van der Waals surface area contributed by atoms with Crippen molar-refractivity contribution in [3.05, 3.63) is 52.2 Å². The maximum Gasteiger partial charge on any atom is 0.240 e.